The van der Waals surface area contributed by atoms with Crippen molar-refractivity contribution in [3.8, 4) is 23.5 Å². The first-order valence-corrected chi connectivity index (χ1v) is 9.78. The van der Waals surface area contributed by atoms with Crippen LogP contribution in [0.4, 0.5) is 11.5 Å². The molecule has 1 aromatic heterocycles. The minimum Gasteiger partial charge on any atom is -0.355 e. The zero-order valence-electron chi connectivity index (χ0n) is 16.4. The monoisotopic (exact) mass is 389 g/mol. The Bertz CT molecular complexity index is 962. The molecule has 1 aromatic rings. The number of piperidine rings is 1. The lowest BCUT2D eigenvalue weighted by molar-refractivity contribution is -0.384. The lowest BCUT2D eigenvalue weighted by atomic mass is 9.85. The van der Waals surface area contributed by atoms with Crippen LogP contribution in [0.15, 0.2) is 48.6 Å². The molecule has 2 aliphatic carbocycles. The predicted molar refractivity (Wildman–Crippen MR) is 113 cm³/mol. The van der Waals surface area contributed by atoms with Crippen LogP contribution in [-0.2, 0) is 4.74 Å². The first kappa shape index (κ1) is 19.2. The maximum Gasteiger partial charge on any atom is 0.311 e. The maximum atomic E-state index is 11.2. The maximum absolute atomic E-state index is 11.2. The van der Waals surface area contributed by atoms with Gasteiger partial charge in [0, 0.05) is 24.8 Å². The van der Waals surface area contributed by atoms with Crippen molar-refractivity contribution in [3.63, 3.8) is 0 Å². The van der Waals surface area contributed by atoms with Gasteiger partial charge < -0.3 is 9.64 Å². The largest absolute Gasteiger partial charge is 0.355 e. The standard InChI is InChI=1S/C17H19N3O3.C6H4/c1-3-14-5-4-8-17(23-14)9-11-19(12-10-17)16-15(20(21)22)7-6-13(2)18-16;1-2-6-4-3-5(1)6/h1,4-7,14H,8-12H2,2H3;1-4H. The number of ether oxygens (including phenoxy) is 1. The van der Waals surface area contributed by atoms with Crippen molar-refractivity contribution >= 4 is 11.5 Å². The number of fused-ring (bicyclic) bond motifs is 1. The summed E-state index contributed by atoms with van der Waals surface area (Å²) in [4.78, 5) is 17.2. The average molecular weight is 389 g/mol. The molecule has 1 unspecified atom stereocenters. The van der Waals surface area contributed by atoms with Crippen molar-refractivity contribution in [2.75, 3.05) is 18.0 Å². The van der Waals surface area contributed by atoms with Crippen LogP contribution in [0.5, 0.6) is 0 Å². The molecule has 5 rings (SSSR count). The van der Waals surface area contributed by atoms with Gasteiger partial charge in [0.2, 0.25) is 5.82 Å². The summed E-state index contributed by atoms with van der Waals surface area (Å²) in [5.41, 5.74) is 3.43. The van der Waals surface area contributed by atoms with Gasteiger partial charge in [-0.25, -0.2) is 4.98 Å². The molecular formula is C23H23N3O3. The van der Waals surface area contributed by atoms with Crippen LogP contribution < -0.4 is 4.90 Å². The van der Waals surface area contributed by atoms with Crippen molar-refractivity contribution in [1.29, 1.82) is 0 Å². The Hall–Kier alpha value is -3.17. The van der Waals surface area contributed by atoms with Gasteiger partial charge in [-0.3, -0.25) is 10.1 Å². The lowest BCUT2D eigenvalue weighted by Crippen LogP contribution is -2.48. The summed E-state index contributed by atoms with van der Waals surface area (Å²) in [5.74, 6) is 3.07. The molecule has 0 saturated carbocycles. The van der Waals surface area contributed by atoms with Crippen LogP contribution >= 0.6 is 0 Å². The summed E-state index contributed by atoms with van der Waals surface area (Å²) < 4.78 is 6.05. The van der Waals surface area contributed by atoms with Gasteiger partial charge >= 0.3 is 5.69 Å². The molecule has 6 heteroatoms. The summed E-state index contributed by atoms with van der Waals surface area (Å²) in [6, 6.07) is 11.7. The molecule has 1 fully saturated rings. The van der Waals surface area contributed by atoms with E-state index in [0.29, 0.717) is 18.9 Å². The highest BCUT2D eigenvalue weighted by atomic mass is 16.6. The Balaban J connectivity index is 0.000000286. The third-order valence-corrected chi connectivity index (χ3v) is 5.72. The molecule has 0 bridgehead atoms. The molecule has 29 heavy (non-hydrogen) atoms. The van der Waals surface area contributed by atoms with E-state index < -0.39 is 0 Å². The van der Waals surface area contributed by atoms with Gasteiger partial charge in [0.15, 0.2) is 0 Å². The molecule has 1 spiro atoms. The van der Waals surface area contributed by atoms with E-state index in [9.17, 15) is 10.1 Å². The first-order valence-electron chi connectivity index (χ1n) is 9.78. The molecule has 4 aliphatic rings. The Morgan fingerprint density at radius 1 is 1.21 bits per heavy atom. The molecule has 0 aromatic carbocycles. The van der Waals surface area contributed by atoms with E-state index >= 15 is 0 Å². The molecule has 6 nitrogen and oxygen atoms in total. The number of pyridine rings is 1. The number of nitro groups is 1. The minimum absolute atomic E-state index is 0.0532. The fraction of sp³-hybridized carbons (Fsp3) is 0.348. The molecule has 1 atom stereocenters. The van der Waals surface area contributed by atoms with Crippen LogP contribution in [0.25, 0.3) is 11.1 Å². The van der Waals surface area contributed by atoms with E-state index in [-0.39, 0.29) is 22.3 Å². The minimum atomic E-state index is -0.375. The molecule has 148 valence electrons. The molecule has 0 radical (unpaired) electrons. The predicted octanol–water partition coefficient (Wildman–Crippen LogP) is 4.28. The highest BCUT2D eigenvalue weighted by Gasteiger charge is 2.39. The van der Waals surface area contributed by atoms with Crippen molar-refractivity contribution < 1.29 is 9.66 Å². The summed E-state index contributed by atoms with van der Waals surface area (Å²) in [6.45, 7) is 3.18. The summed E-state index contributed by atoms with van der Waals surface area (Å²) in [5, 5.41) is 11.2. The smallest absolute Gasteiger partial charge is 0.311 e. The fourth-order valence-electron chi connectivity index (χ4n) is 3.87. The Morgan fingerprint density at radius 2 is 1.86 bits per heavy atom. The summed E-state index contributed by atoms with van der Waals surface area (Å²) in [6.07, 6.45) is 11.6. The van der Waals surface area contributed by atoms with Gasteiger partial charge in [-0.15, -0.1) is 6.42 Å². The van der Waals surface area contributed by atoms with Crippen LogP contribution in [0.3, 0.4) is 0 Å². The Labute approximate surface area is 170 Å². The van der Waals surface area contributed by atoms with Crippen molar-refractivity contribution in [1.82, 2.24) is 4.98 Å². The van der Waals surface area contributed by atoms with Crippen molar-refractivity contribution in [3.05, 3.63) is 64.4 Å². The van der Waals surface area contributed by atoms with E-state index in [0.717, 1.165) is 25.0 Å². The fourth-order valence-corrected chi connectivity index (χ4v) is 3.87. The third kappa shape index (κ3) is 3.87. The van der Waals surface area contributed by atoms with Gasteiger partial charge in [-0.05, 0) is 49.5 Å². The second-order valence-corrected chi connectivity index (χ2v) is 7.64. The number of hydrogen-bond acceptors (Lipinski definition) is 5. The summed E-state index contributed by atoms with van der Waals surface area (Å²) in [7, 11) is 0. The molecule has 0 N–H and O–H groups in total. The van der Waals surface area contributed by atoms with Crippen molar-refractivity contribution in [2.45, 2.75) is 37.9 Å². The van der Waals surface area contributed by atoms with Crippen molar-refractivity contribution in [2.24, 2.45) is 0 Å². The topological polar surface area (TPSA) is 68.5 Å². The van der Waals surface area contributed by atoms with Crippen LogP contribution in [0, 0.1) is 29.4 Å². The SMILES string of the molecule is C#CC1C=CCC2(CCN(c3nc(C)ccc3[N+](=O)[O-])CC2)O1.c1cc2ccc1-2. The number of aromatic nitrogens is 1. The normalized spacial score (nSPS) is 20.4. The van der Waals surface area contributed by atoms with Gasteiger partial charge in [0.1, 0.15) is 6.10 Å². The van der Waals surface area contributed by atoms with E-state index in [2.05, 4.69) is 41.2 Å². The van der Waals surface area contributed by atoms with Gasteiger partial charge in [-0.1, -0.05) is 36.3 Å². The van der Waals surface area contributed by atoms with Crippen LogP contribution in [0.2, 0.25) is 0 Å². The molecule has 2 aliphatic heterocycles. The second-order valence-electron chi connectivity index (χ2n) is 7.64. The van der Waals surface area contributed by atoms with E-state index in [4.69, 9.17) is 11.2 Å². The lowest BCUT2D eigenvalue weighted by Gasteiger charge is -2.43. The highest BCUT2D eigenvalue weighted by molar-refractivity contribution is 5.75. The number of benzene rings is 1. The third-order valence-electron chi connectivity index (χ3n) is 5.72. The highest BCUT2D eigenvalue weighted by Crippen LogP contribution is 2.37. The van der Waals surface area contributed by atoms with Gasteiger partial charge in [0.05, 0.1) is 10.5 Å². The average Bonchev–Trinajstić information content (AvgIpc) is 2.71. The molecule has 0 amide bonds. The quantitative estimate of drug-likeness (QED) is 0.283. The van der Waals surface area contributed by atoms with Gasteiger partial charge in [-0.2, -0.15) is 0 Å². The number of anilines is 1. The van der Waals surface area contributed by atoms with E-state index in [1.54, 1.807) is 6.07 Å². The second kappa shape index (κ2) is 7.69. The Morgan fingerprint density at radius 3 is 2.38 bits per heavy atom. The van der Waals surface area contributed by atoms with Crippen LogP contribution in [0.1, 0.15) is 25.0 Å². The van der Waals surface area contributed by atoms with E-state index in [1.165, 1.54) is 17.2 Å². The van der Waals surface area contributed by atoms with Crippen LogP contribution in [-0.4, -0.2) is 34.7 Å². The number of rotatable bonds is 2. The number of aryl methyl sites for hydroxylation is 1. The van der Waals surface area contributed by atoms with E-state index in [1.807, 2.05) is 17.9 Å². The summed E-state index contributed by atoms with van der Waals surface area (Å²) >= 11 is 0. The first-order chi connectivity index (χ1) is 14.0. The zero-order valence-corrected chi connectivity index (χ0v) is 16.4. The molecule has 1 saturated heterocycles. The number of hydrogen-bond donors (Lipinski definition) is 0. The zero-order chi connectivity index (χ0) is 20.4. The molecule has 3 heterocycles. The Kier molecular flexibility index (Phi) is 5.08. The van der Waals surface area contributed by atoms with Gasteiger partial charge in [0.25, 0.3) is 0 Å². The molecular weight excluding hydrogens is 366 g/mol. The number of terminal acetylenes is 1. The number of nitrogens with zero attached hydrogens (tertiary/aromatic N) is 3.